The first-order valence-electron chi connectivity index (χ1n) is 5.20. The van der Waals surface area contributed by atoms with E-state index in [4.69, 9.17) is 4.74 Å². The molecule has 88 valence electrons. The van der Waals surface area contributed by atoms with Gasteiger partial charge in [-0.1, -0.05) is 30.3 Å². The molecule has 1 fully saturated rings. The molecule has 3 nitrogen and oxygen atoms in total. The van der Waals surface area contributed by atoms with Crippen molar-refractivity contribution < 1.29 is 9.53 Å². The Hall–Kier alpha value is -1.06. The molecular formula is C12H16ClNO2. The maximum atomic E-state index is 11.3. The molecule has 2 atom stereocenters. The van der Waals surface area contributed by atoms with Gasteiger partial charge in [-0.25, -0.2) is 0 Å². The van der Waals surface area contributed by atoms with Gasteiger partial charge >= 0.3 is 5.97 Å². The van der Waals surface area contributed by atoms with Crippen molar-refractivity contribution in [3.63, 3.8) is 0 Å². The van der Waals surface area contributed by atoms with Gasteiger partial charge in [0, 0.05) is 6.04 Å². The molecular weight excluding hydrogens is 226 g/mol. The van der Waals surface area contributed by atoms with Crippen LogP contribution in [0.1, 0.15) is 24.4 Å². The van der Waals surface area contributed by atoms with Crippen LogP contribution in [0.25, 0.3) is 0 Å². The van der Waals surface area contributed by atoms with Gasteiger partial charge in [-0.05, 0) is 18.4 Å². The smallest absolute Gasteiger partial charge is 0.322 e. The summed E-state index contributed by atoms with van der Waals surface area (Å²) in [5, 5.41) is 3.28. The second-order valence-corrected chi connectivity index (χ2v) is 3.78. The number of methoxy groups -OCH3 is 1. The number of hydrogen-bond acceptors (Lipinski definition) is 3. The van der Waals surface area contributed by atoms with E-state index in [0.717, 1.165) is 12.8 Å². The highest BCUT2D eigenvalue weighted by molar-refractivity contribution is 5.85. The summed E-state index contributed by atoms with van der Waals surface area (Å²) in [5.74, 6) is -0.159. The average Bonchev–Trinajstić information content (AvgIpc) is 2.78. The number of benzene rings is 1. The second-order valence-electron chi connectivity index (χ2n) is 3.78. The zero-order valence-corrected chi connectivity index (χ0v) is 10.00. The molecule has 0 saturated carbocycles. The third-order valence-corrected chi connectivity index (χ3v) is 2.83. The molecule has 0 radical (unpaired) electrons. The van der Waals surface area contributed by atoms with E-state index in [-0.39, 0.29) is 30.5 Å². The van der Waals surface area contributed by atoms with Gasteiger partial charge in [-0.15, -0.1) is 12.4 Å². The second kappa shape index (κ2) is 5.87. The van der Waals surface area contributed by atoms with Crippen LogP contribution in [-0.4, -0.2) is 19.1 Å². The van der Waals surface area contributed by atoms with E-state index < -0.39 is 0 Å². The van der Waals surface area contributed by atoms with Crippen LogP contribution < -0.4 is 5.32 Å². The molecule has 0 bridgehead atoms. The molecule has 0 unspecified atom stereocenters. The van der Waals surface area contributed by atoms with Gasteiger partial charge < -0.3 is 4.74 Å². The van der Waals surface area contributed by atoms with Gasteiger partial charge in [0.2, 0.25) is 0 Å². The number of halogens is 1. The molecule has 0 aliphatic carbocycles. The van der Waals surface area contributed by atoms with E-state index >= 15 is 0 Å². The van der Waals surface area contributed by atoms with Crippen molar-refractivity contribution in [3.05, 3.63) is 35.9 Å². The van der Waals surface area contributed by atoms with E-state index in [1.54, 1.807) is 0 Å². The van der Waals surface area contributed by atoms with Gasteiger partial charge in [0.1, 0.15) is 6.04 Å². The molecule has 1 saturated heterocycles. The van der Waals surface area contributed by atoms with Crippen molar-refractivity contribution in [1.82, 2.24) is 5.32 Å². The highest BCUT2D eigenvalue weighted by Crippen LogP contribution is 2.26. The van der Waals surface area contributed by atoms with E-state index in [0.29, 0.717) is 0 Å². The van der Waals surface area contributed by atoms with Crippen LogP contribution in [0, 0.1) is 0 Å². The predicted octanol–water partition coefficient (Wildman–Crippen LogP) is 2.07. The first kappa shape index (κ1) is 13.0. The Labute approximate surface area is 102 Å². The standard InChI is InChI=1S/C12H15NO2.ClH/c1-15-12(14)11-8-7-10(13-11)9-5-3-2-4-6-9;/h2-6,10-11,13H,7-8H2,1H3;1H/t10-,11+;/m1./s1. The molecule has 1 aliphatic heterocycles. The Bertz CT molecular complexity index is 342. The normalized spacial score (nSPS) is 23.6. The number of hydrogen-bond donors (Lipinski definition) is 1. The Morgan fingerprint density at radius 2 is 2.00 bits per heavy atom. The van der Waals surface area contributed by atoms with Gasteiger partial charge in [0.15, 0.2) is 0 Å². The van der Waals surface area contributed by atoms with Crippen LogP contribution in [0.3, 0.4) is 0 Å². The third-order valence-electron chi connectivity index (χ3n) is 2.83. The lowest BCUT2D eigenvalue weighted by molar-refractivity contribution is -0.142. The van der Waals surface area contributed by atoms with E-state index in [1.807, 2.05) is 18.2 Å². The molecule has 1 N–H and O–H groups in total. The van der Waals surface area contributed by atoms with Crippen molar-refractivity contribution in [2.45, 2.75) is 24.9 Å². The van der Waals surface area contributed by atoms with Crippen LogP contribution in [0.2, 0.25) is 0 Å². The summed E-state index contributed by atoms with van der Waals surface area (Å²) in [6, 6.07) is 10.3. The van der Waals surface area contributed by atoms with Crippen molar-refractivity contribution in [3.8, 4) is 0 Å². The molecule has 4 heteroatoms. The summed E-state index contributed by atoms with van der Waals surface area (Å²) >= 11 is 0. The highest BCUT2D eigenvalue weighted by Gasteiger charge is 2.30. The Balaban J connectivity index is 0.00000128. The lowest BCUT2D eigenvalue weighted by Crippen LogP contribution is -2.33. The predicted molar refractivity (Wildman–Crippen MR) is 64.6 cm³/mol. The molecule has 16 heavy (non-hydrogen) atoms. The fourth-order valence-electron chi connectivity index (χ4n) is 2.02. The Kier molecular flexibility index (Phi) is 4.77. The summed E-state index contributed by atoms with van der Waals surface area (Å²) < 4.78 is 4.72. The number of nitrogens with one attached hydrogen (secondary N) is 1. The van der Waals surface area contributed by atoms with Crippen molar-refractivity contribution in [1.29, 1.82) is 0 Å². The summed E-state index contributed by atoms with van der Waals surface area (Å²) in [4.78, 5) is 11.3. The molecule has 1 aliphatic rings. The molecule has 2 rings (SSSR count). The van der Waals surface area contributed by atoms with E-state index in [9.17, 15) is 4.79 Å². The summed E-state index contributed by atoms with van der Waals surface area (Å²) in [6.45, 7) is 0. The summed E-state index contributed by atoms with van der Waals surface area (Å²) in [7, 11) is 1.43. The Morgan fingerprint density at radius 1 is 1.31 bits per heavy atom. The van der Waals surface area contributed by atoms with Crippen LogP contribution >= 0.6 is 12.4 Å². The van der Waals surface area contributed by atoms with Gasteiger partial charge in [-0.3, -0.25) is 10.1 Å². The lowest BCUT2D eigenvalue weighted by Gasteiger charge is -2.12. The largest absolute Gasteiger partial charge is 0.468 e. The number of esters is 1. The fourth-order valence-corrected chi connectivity index (χ4v) is 2.02. The van der Waals surface area contributed by atoms with Gasteiger partial charge in [0.25, 0.3) is 0 Å². The number of ether oxygens (including phenoxy) is 1. The Morgan fingerprint density at radius 3 is 2.62 bits per heavy atom. The molecule has 1 aromatic carbocycles. The van der Waals surface area contributed by atoms with Crippen LogP contribution in [0.4, 0.5) is 0 Å². The molecule has 0 spiro atoms. The zero-order chi connectivity index (χ0) is 10.7. The maximum Gasteiger partial charge on any atom is 0.322 e. The number of rotatable bonds is 2. The minimum Gasteiger partial charge on any atom is -0.468 e. The third kappa shape index (κ3) is 2.74. The van der Waals surface area contributed by atoms with Crippen LogP contribution in [-0.2, 0) is 9.53 Å². The van der Waals surface area contributed by atoms with Crippen molar-refractivity contribution >= 4 is 18.4 Å². The topological polar surface area (TPSA) is 38.3 Å². The lowest BCUT2D eigenvalue weighted by atomic mass is 10.1. The van der Waals surface area contributed by atoms with E-state index in [1.165, 1.54) is 12.7 Å². The van der Waals surface area contributed by atoms with E-state index in [2.05, 4.69) is 17.4 Å². The quantitative estimate of drug-likeness (QED) is 0.806. The minimum absolute atomic E-state index is 0. The first-order chi connectivity index (χ1) is 7.31. The van der Waals surface area contributed by atoms with Crippen molar-refractivity contribution in [2.75, 3.05) is 7.11 Å². The average molecular weight is 242 g/mol. The fraction of sp³-hybridized carbons (Fsp3) is 0.417. The first-order valence-corrected chi connectivity index (χ1v) is 5.20. The monoisotopic (exact) mass is 241 g/mol. The molecule has 0 aromatic heterocycles. The number of carbonyl (C=O) groups is 1. The number of carbonyl (C=O) groups excluding carboxylic acids is 1. The maximum absolute atomic E-state index is 11.3. The molecule has 1 aromatic rings. The molecule has 0 amide bonds. The zero-order valence-electron chi connectivity index (χ0n) is 9.18. The minimum atomic E-state index is -0.159. The molecule has 1 heterocycles. The van der Waals surface area contributed by atoms with Crippen molar-refractivity contribution in [2.24, 2.45) is 0 Å². The van der Waals surface area contributed by atoms with Gasteiger partial charge in [0.05, 0.1) is 7.11 Å². The summed E-state index contributed by atoms with van der Waals surface area (Å²) in [5.41, 5.74) is 1.24. The van der Waals surface area contributed by atoms with Crippen LogP contribution in [0.5, 0.6) is 0 Å². The van der Waals surface area contributed by atoms with Crippen LogP contribution in [0.15, 0.2) is 30.3 Å². The van der Waals surface area contributed by atoms with Gasteiger partial charge in [-0.2, -0.15) is 0 Å². The highest BCUT2D eigenvalue weighted by atomic mass is 35.5. The SMILES string of the molecule is COC(=O)[C@@H]1CC[C@H](c2ccccc2)N1.Cl. The summed E-state index contributed by atoms with van der Waals surface area (Å²) in [6.07, 6.45) is 1.84.